The number of nitrogens with zero attached hydrogens (tertiary/aromatic N) is 2. The Morgan fingerprint density at radius 3 is 2.57 bits per heavy atom. The van der Waals surface area contributed by atoms with Gasteiger partial charge in [-0.05, 0) is 19.3 Å². The Morgan fingerprint density at radius 2 is 2.05 bits per heavy atom. The Labute approximate surface area is 124 Å². The molecule has 0 aromatic carbocycles. The van der Waals surface area contributed by atoms with Crippen LogP contribution < -0.4 is 0 Å². The zero-order valence-corrected chi connectivity index (χ0v) is 12.9. The second-order valence-electron chi connectivity index (χ2n) is 5.37. The molecule has 0 bridgehead atoms. The van der Waals surface area contributed by atoms with Gasteiger partial charge in [0.1, 0.15) is 5.54 Å². The van der Waals surface area contributed by atoms with Crippen molar-refractivity contribution < 1.29 is 24.2 Å². The summed E-state index contributed by atoms with van der Waals surface area (Å²) in [4.78, 5) is 38.1. The highest BCUT2D eigenvalue weighted by molar-refractivity contribution is 5.87. The van der Waals surface area contributed by atoms with Crippen molar-refractivity contribution in [1.82, 2.24) is 9.80 Å². The number of hydrogen-bond donors (Lipinski definition) is 1. The van der Waals surface area contributed by atoms with E-state index in [0.29, 0.717) is 32.2 Å². The molecule has 0 aromatic heterocycles. The van der Waals surface area contributed by atoms with E-state index in [1.807, 2.05) is 6.92 Å². The van der Waals surface area contributed by atoms with Gasteiger partial charge in [0.25, 0.3) is 0 Å². The fraction of sp³-hybridized carbons (Fsp3) is 0.786. The minimum absolute atomic E-state index is 0.0976. The number of carboxylic acids is 1. The highest BCUT2D eigenvalue weighted by Gasteiger charge is 2.49. The van der Waals surface area contributed by atoms with E-state index in [0.717, 1.165) is 0 Å². The lowest BCUT2D eigenvalue weighted by Crippen LogP contribution is -2.56. The molecule has 1 heterocycles. The van der Waals surface area contributed by atoms with E-state index in [2.05, 4.69) is 4.74 Å². The summed E-state index contributed by atoms with van der Waals surface area (Å²) < 4.78 is 4.54. The second-order valence-corrected chi connectivity index (χ2v) is 5.37. The number of carbonyl (C=O) groups is 3. The standard InChI is InChI=1S/C14H24N2O5/c1-4-7-14(12(18)19)8-5-9-16(14)13(20)15(2)10-6-11(17)21-3/h4-10H2,1-3H3,(H,18,19). The van der Waals surface area contributed by atoms with Gasteiger partial charge < -0.3 is 19.6 Å². The predicted molar refractivity (Wildman–Crippen MR) is 75.9 cm³/mol. The molecule has 0 radical (unpaired) electrons. The molecule has 0 aromatic rings. The summed E-state index contributed by atoms with van der Waals surface area (Å²) in [7, 11) is 2.86. The molecule has 1 N–H and O–H groups in total. The average Bonchev–Trinajstić information content (AvgIpc) is 2.88. The summed E-state index contributed by atoms with van der Waals surface area (Å²) in [6, 6.07) is -0.341. The Kier molecular flexibility index (Phi) is 5.99. The number of esters is 1. The molecule has 1 unspecified atom stereocenters. The summed E-state index contributed by atoms with van der Waals surface area (Å²) in [5.74, 6) is -1.34. The van der Waals surface area contributed by atoms with E-state index in [9.17, 15) is 19.5 Å². The van der Waals surface area contributed by atoms with Crippen LogP contribution in [0.2, 0.25) is 0 Å². The van der Waals surface area contributed by atoms with Gasteiger partial charge in [-0.1, -0.05) is 13.3 Å². The third-order valence-corrected chi connectivity index (χ3v) is 3.99. The van der Waals surface area contributed by atoms with Crippen molar-refractivity contribution in [2.45, 2.75) is 44.6 Å². The van der Waals surface area contributed by atoms with Crippen LogP contribution in [-0.4, -0.2) is 65.7 Å². The minimum atomic E-state index is -1.11. The molecule has 1 aliphatic rings. The molecular formula is C14H24N2O5. The van der Waals surface area contributed by atoms with Gasteiger partial charge in [0.05, 0.1) is 13.5 Å². The van der Waals surface area contributed by atoms with Crippen LogP contribution in [0.25, 0.3) is 0 Å². The van der Waals surface area contributed by atoms with E-state index < -0.39 is 17.5 Å². The van der Waals surface area contributed by atoms with Crippen LogP contribution in [0.3, 0.4) is 0 Å². The molecule has 0 spiro atoms. The number of rotatable bonds is 6. The van der Waals surface area contributed by atoms with E-state index in [-0.39, 0.29) is 19.0 Å². The molecule has 1 aliphatic heterocycles. The van der Waals surface area contributed by atoms with Crippen LogP contribution in [0.4, 0.5) is 4.79 Å². The lowest BCUT2D eigenvalue weighted by molar-refractivity contribution is -0.149. The van der Waals surface area contributed by atoms with Crippen LogP contribution in [0, 0.1) is 0 Å². The lowest BCUT2D eigenvalue weighted by Gasteiger charge is -2.37. The molecule has 7 heteroatoms. The number of hydrogen-bond acceptors (Lipinski definition) is 4. The Bertz CT molecular complexity index is 412. The maximum absolute atomic E-state index is 12.5. The van der Waals surface area contributed by atoms with Crippen LogP contribution in [-0.2, 0) is 14.3 Å². The molecule has 21 heavy (non-hydrogen) atoms. The first-order chi connectivity index (χ1) is 9.89. The summed E-state index contributed by atoms with van der Waals surface area (Å²) in [6.45, 7) is 2.56. The smallest absolute Gasteiger partial charge is 0.329 e. The molecule has 1 saturated heterocycles. The van der Waals surface area contributed by atoms with Crippen molar-refractivity contribution in [2.75, 3.05) is 27.2 Å². The molecule has 0 aliphatic carbocycles. The fourth-order valence-electron chi connectivity index (χ4n) is 2.82. The van der Waals surface area contributed by atoms with Gasteiger partial charge in [0, 0.05) is 20.1 Å². The molecule has 1 fully saturated rings. The average molecular weight is 300 g/mol. The Hall–Kier alpha value is -1.79. The number of urea groups is 1. The Balaban J connectivity index is 2.79. The summed E-state index contributed by atoms with van der Waals surface area (Å²) in [6.07, 6.45) is 2.40. The van der Waals surface area contributed by atoms with Gasteiger partial charge >= 0.3 is 18.0 Å². The van der Waals surface area contributed by atoms with Crippen molar-refractivity contribution in [1.29, 1.82) is 0 Å². The first kappa shape index (κ1) is 17.3. The largest absolute Gasteiger partial charge is 0.479 e. The number of ether oxygens (including phenoxy) is 1. The maximum atomic E-state index is 12.5. The lowest BCUT2D eigenvalue weighted by atomic mass is 9.91. The van der Waals surface area contributed by atoms with Crippen molar-refractivity contribution in [2.24, 2.45) is 0 Å². The monoisotopic (exact) mass is 300 g/mol. The van der Waals surface area contributed by atoms with Crippen LogP contribution in [0.15, 0.2) is 0 Å². The number of likely N-dealkylation sites (tertiary alicyclic amines) is 1. The number of methoxy groups -OCH3 is 1. The van der Waals surface area contributed by atoms with E-state index in [4.69, 9.17) is 0 Å². The first-order valence-corrected chi connectivity index (χ1v) is 7.22. The van der Waals surface area contributed by atoms with E-state index in [1.165, 1.54) is 16.9 Å². The van der Waals surface area contributed by atoms with Crippen molar-refractivity contribution in [3.05, 3.63) is 0 Å². The highest BCUT2D eigenvalue weighted by atomic mass is 16.5. The van der Waals surface area contributed by atoms with Gasteiger partial charge in [0.2, 0.25) is 0 Å². The molecule has 120 valence electrons. The third kappa shape index (κ3) is 3.65. The number of aliphatic carboxylic acids is 1. The summed E-state index contributed by atoms with van der Waals surface area (Å²) >= 11 is 0. The predicted octanol–water partition coefficient (Wildman–Crippen LogP) is 1.32. The highest BCUT2D eigenvalue weighted by Crippen LogP contribution is 2.34. The molecule has 2 amide bonds. The maximum Gasteiger partial charge on any atom is 0.329 e. The van der Waals surface area contributed by atoms with Crippen molar-refractivity contribution >= 4 is 18.0 Å². The molecule has 1 rings (SSSR count). The van der Waals surface area contributed by atoms with E-state index in [1.54, 1.807) is 7.05 Å². The minimum Gasteiger partial charge on any atom is -0.479 e. The Morgan fingerprint density at radius 1 is 1.38 bits per heavy atom. The zero-order chi connectivity index (χ0) is 16.0. The number of carbonyl (C=O) groups excluding carboxylic acids is 2. The van der Waals surface area contributed by atoms with Gasteiger partial charge in [0.15, 0.2) is 0 Å². The summed E-state index contributed by atoms with van der Waals surface area (Å²) in [5.41, 5.74) is -1.11. The van der Waals surface area contributed by atoms with Gasteiger partial charge in [-0.2, -0.15) is 0 Å². The zero-order valence-electron chi connectivity index (χ0n) is 12.9. The molecule has 0 saturated carbocycles. The normalized spacial score (nSPS) is 21.2. The van der Waals surface area contributed by atoms with Crippen LogP contribution in [0.5, 0.6) is 0 Å². The molecular weight excluding hydrogens is 276 g/mol. The molecule has 7 nitrogen and oxygen atoms in total. The van der Waals surface area contributed by atoms with Crippen LogP contribution in [0.1, 0.15) is 39.0 Å². The SMILES string of the molecule is CCCC1(C(=O)O)CCCN1C(=O)N(C)CCC(=O)OC. The topological polar surface area (TPSA) is 87.2 Å². The molecule has 1 atom stereocenters. The number of amides is 2. The van der Waals surface area contributed by atoms with Crippen molar-refractivity contribution in [3.8, 4) is 0 Å². The van der Waals surface area contributed by atoms with Gasteiger partial charge in [-0.15, -0.1) is 0 Å². The quantitative estimate of drug-likeness (QED) is 0.748. The van der Waals surface area contributed by atoms with Gasteiger partial charge in [-0.25, -0.2) is 9.59 Å². The van der Waals surface area contributed by atoms with Crippen LogP contribution >= 0.6 is 0 Å². The fourth-order valence-corrected chi connectivity index (χ4v) is 2.82. The van der Waals surface area contributed by atoms with Gasteiger partial charge in [-0.3, -0.25) is 4.79 Å². The number of carboxylic acid groups (broad SMARTS) is 1. The summed E-state index contributed by atoms with van der Waals surface area (Å²) in [5, 5.41) is 9.57. The van der Waals surface area contributed by atoms with Crippen molar-refractivity contribution in [3.63, 3.8) is 0 Å². The first-order valence-electron chi connectivity index (χ1n) is 7.22. The third-order valence-electron chi connectivity index (χ3n) is 3.99. The van der Waals surface area contributed by atoms with E-state index >= 15 is 0 Å². The second kappa shape index (κ2) is 7.28.